The maximum absolute atomic E-state index is 12.0. The molecule has 134 valence electrons. The van der Waals surface area contributed by atoms with Gasteiger partial charge in [-0.2, -0.15) is 0 Å². The Hall–Kier alpha value is -3.09. The summed E-state index contributed by atoms with van der Waals surface area (Å²) in [5.41, 5.74) is 0.375. The van der Waals surface area contributed by atoms with Crippen LogP contribution in [0.1, 0.15) is 18.5 Å². The number of aryl methyl sites for hydroxylation is 1. The van der Waals surface area contributed by atoms with Crippen molar-refractivity contribution in [3.63, 3.8) is 0 Å². The number of furan rings is 1. The number of ether oxygens (including phenoxy) is 1. The van der Waals surface area contributed by atoms with E-state index in [0.29, 0.717) is 31.7 Å². The van der Waals surface area contributed by atoms with E-state index in [4.69, 9.17) is 9.15 Å². The lowest BCUT2D eigenvalue weighted by atomic mass is 9.91. The second kappa shape index (κ2) is 6.33. The summed E-state index contributed by atoms with van der Waals surface area (Å²) in [6.45, 7) is 2.93. The molecular formula is C19H19N3O4. The Morgan fingerprint density at radius 1 is 1.23 bits per heavy atom. The number of rotatable bonds is 4. The Labute approximate surface area is 150 Å². The summed E-state index contributed by atoms with van der Waals surface area (Å²) in [6.07, 6.45) is 5.61. The molecular weight excluding hydrogens is 334 g/mol. The van der Waals surface area contributed by atoms with Crippen molar-refractivity contribution in [2.75, 3.05) is 18.0 Å². The smallest absolute Gasteiger partial charge is 0.348 e. The molecule has 3 aromatic heterocycles. The minimum atomic E-state index is -1.25. The first-order valence-corrected chi connectivity index (χ1v) is 8.50. The Balaban J connectivity index is 1.55. The lowest BCUT2D eigenvalue weighted by molar-refractivity contribution is -0.157. The molecule has 0 aromatic carbocycles. The third-order valence-corrected chi connectivity index (χ3v) is 4.82. The van der Waals surface area contributed by atoms with E-state index in [-0.39, 0.29) is 0 Å². The molecule has 1 saturated heterocycles. The molecule has 1 aliphatic heterocycles. The first-order chi connectivity index (χ1) is 12.6. The van der Waals surface area contributed by atoms with Crippen LogP contribution < -0.4 is 9.64 Å². The summed E-state index contributed by atoms with van der Waals surface area (Å²) in [5, 5.41) is 10.7. The third-order valence-electron chi connectivity index (χ3n) is 4.82. The topological polar surface area (TPSA) is 88.7 Å². The molecule has 1 aliphatic rings. The highest BCUT2D eigenvalue weighted by atomic mass is 16.5. The van der Waals surface area contributed by atoms with Gasteiger partial charge in [-0.25, -0.2) is 9.78 Å². The van der Waals surface area contributed by atoms with Crippen molar-refractivity contribution < 1.29 is 19.1 Å². The van der Waals surface area contributed by atoms with E-state index < -0.39 is 11.6 Å². The highest BCUT2D eigenvalue weighted by molar-refractivity contribution is 5.88. The van der Waals surface area contributed by atoms with E-state index in [0.717, 1.165) is 22.5 Å². The number of hydrogen-bond donors (Lipinski definition) is 1. The van der Waals surface area contributed by atoms with Crippen LogP contribution in [0.5, 0.6) is 5.75 Å². The number of pyridine rings is 2. The van der Waals surface area contributed by atoms with E-state index in [1.807, 2.05) is 25.1 Å². The van der Waals surface area contributed by atoms with Gasteiger partial charge in [0.2, 0.25) is 5.60 Å². The first kappa shape index (κ1) is 16.4. The Bertz CT molecular complexity index is 927. The molecule has 7 nitrogen and oxygen atoms in total. The number of aliphatic carboxylic acids is 1. The molecule has 26 heavy (non-hydrogen) atoms. The molecule has 0 saturated carbocycles. The Morgan fingerprint density at radius 3 is 2.73 bits per heavy atom. The van der Waals surface area contributed by atoms with Gasteiger partial charge >= 0.3 is 5.97 Å². The molecule has 0 spiro atoms. The lowest BCUT2D eigenvalue weighted by Gasteiger charge is -2.39. The van der Waals surface area contributed by atoms with Crippen LogP contribution in [0, 0.1) is 6.92 Å². The van der Waals surface area contributed by atoms with Gasteiger partial charge in [0.25, 0.3) is 0 Å². The van der Waals surface area contributed by atoms with Gasteiger partial charge < -0.3 is 19.2 Å². The highest BCUT2D eigenvalue weighted by Crippen LogP contribution is 2.33. The van der Waals surface area contributed by atoms with E-state index in [2.05, 4.69) is 14.9 Å². The molecule has 1 N–H and O–H groups in total. The number of nitrogens with zero attached hydrogens (tertiary/aromatic N) is 3. The normalized spacial score (nSPS) is 16.6. The van der Waals surface area contributed by atoms with E-state index in [1.54, 1.807) is 24.7 Å². The van der Waals surface area contributed by atoms with Crippen LogP contribution >= 0.6 is 0 Å². The quantitative estimate of drug-likeness (QED) is 0.771. The Kier molecular flexibility index (Phi) is 3.99. The molecule has 0 unspecified atom stereocenters. The van der Waals surface area contributed by atoms with Crippen molar-refractivity contribution >= 4 is 22.8 Å². The van der Waals surface area contributed by atoms with E-state index >= 15 is 0 Å². The van der Waals surface area contributed by atoms with Crippen molar-refractivity contribution in [3.8, 4) is 5.75 Å². The zero-order chi connectivity index (χ0) is 18.1. The monoisotopic (exact) mass is 353 g/mol. The summed E-state index contributed by atoms with van der Waals surface area (Å²) in [6, 6.07) is 7.26. The maximum atomic E-state index is 12.0. The van der Waals surface area contributed by atoms with Crippen LogP contribution in [0.4, 0.5) is 5.82 Å². The zero-order valence-corrected chi connectivity index (χ0v) is 14.4. The van der Waals surface area contributed by atoms with Crippen LogP contribution in [0.3, 0.4) is 0 Å². The van der Waals surface area contributed by atoms with Crippen LogP contribution in [-0.4, -0.2) is 39.7 Å². The predicted octanol–water partition coefficient (Wildman–Crippen LogP) is 3.03. The number of fused-ring (bicyclic) bond motifs is 1. The van der Waals surface area contributed by atoms with Gasteiger partial charge in [0.1, 0.15) is 17.2 Å². The molecule has 3 aromatic rings. The standard InChI is InChI=1S/C19H19N3O4/c1-13-2-3-14(12-21-13)26-19(18(23)24)6-9-22(10-7-19)17-15-5-11-25-16(15)4-8-20-17/h2-5,8,11-12H,6-7,9-10H2,1H3,(H,23,24). The van der Waals surface area contributed by atoms with Crippen LogP contribution in [0.15, 0.2) is 47.3 Å². The fourth-order valence-corrected chi connectivity index (χ4v) is 3.31. The van der Waals surface area contributed by atoms with Crippen LogP contribution in [0.25, 0.3) is 11.0 Å². The summed E-state index contributed by atoms with van der Waals surface area (Å²) in [4.78, 5) is 22.7. The average molecular weight is 353 g/mol. The van der Waals surface area contributed by atoms with Crippen LogP contribution in [-0.2, 0) is 4.79 Å². The molecule has 0 amide bonds. The molecule has 0 aliphatic carbocycles. The molecule has 0 atom stereocenters. The van der Waals surface area contributed by atoms with Gasteiger partial charge in [-0.3, -0.25) is 4.98 Å². The SMILES string of the molecule is Cc1ccc(OC2(C(=O)O)CCN(c3nccc4occc34)CC2)cn1. The predicted molar refractivity (Wildman–Crippen MR) is 95.4 cm³/mol. The number of carboxylic acids is 1. The average Bonchev–Trinajstić information content (AvgIpc) is 3.13. The minimum Gasteiger partial charge on any atom is -0.478 e. The zero-order valence-electron chi connectivity index (χ0n) is 14.4. The summed E-state index contributed by atoms with van der Waals surface area (Å²) in [7, 11) is 0. The molecule has 7 heteroatoms. The molecule has 1 fully saturated rings. The fourth-order valence-electron chi connectivity index (χ4n) is 3.31. The van der Waals surface area contributed by atoms with Gasteiger partial charge in [-0.05, 0) is 31.2 Å². The molecule has 4 heterocycles. The van der Waals surface area contributed by atoms with Crippen LogP contribution in [0.2, 0.25) is 0 Å². The van der Waals surface area contributed by atoms with Gasteiger partial charge in [0.15, 0.2) is 0 Å². The van der Waals surface area contributed by atoms with Crippen molar-refractivity contribution in [3.05, 3.63) is 48.6 Å². The van der Waals surface area contributed by atoms with Crippen molar-refractivity contribution in [1.82, 2.24) is 9.97 Å². The number of piperidine rings is 1. The minimum absolute atomic E-state index is 0.353. The Morgan fingerprint density at radius 2 is 2.04 bits per heavy atom. The maximum Gasteiger partial charge on any atom is 0.348 e. The van der Waals surface area contributed by atoms with Gasteiger partial charge in [-0.1, -0.05) is 0 Å². The number of aromatic nitrogens is 2. The number of carboxylic acid groups (broad SMARTS) is 1. The van der Waals surface area contributed by atoms with Crippen molar-refractivity contribution in [2.24, 2.45) is 0 Å². The largest absolute Gasteiger partial charge is 0.478 e. The molecule has 0 radical (unpaired) electrons. The number of hydrogen-bond acceptors (Lipinski definition) is 6. The third kappa shape index (κ3) is 2.85. The number of carbonyl (C=O) groups is 1. The summed E-state index contributed by atoms with van der Waals surface area (Å²) in [5.74, 6) is 0.334. The lowest BCUT2D eigenvalue weighted by Crippen LogP contribution is -2.53. The molecule has 4 rings (SSSR count). The van der Waals surface area contributed by atoms with Gasteiger partial charge in [0.05, 0.1) is 17.8 Å². The van der Waals surface area contributed by atoms with Crippen molar-refractivity contribution in [1.29, 1.82) is 0 Å². The van der Waals surface area contributed by atoms with E-state index in [9.17, 15) is 9.90 Å². The highest BCUT2D eigenvalue weighted by Gasteiger charge is 2.44. The van der Waals surface area contributed by atoms with E-state index in [1.165, 1.54) is 0 Å². The fraction of sp³-hybridized carbons (Fsp3) is 0.316. The summed E-state index contributed by atoms with van der Waals surface area (Å²) < 4.78 is 11.3. The molecule has 0 bridgehead atoms. The van der Waals surface area contributed by atoms with Gasteiger partial charge in [0, 0.05) is 37.8 Å². The second-order valence-electron chi connectivity index (χ2n) is 6.49. The first-order valence-electron chi connectivity index (χ1n) is 8.50. The van der Waals surface area contributed by atoms with Crippen molar-refractivity contribution in [2.45, 2.75) is 25.4 Å². The van der Waals surface area contributed by atoms with Gasteiger partial charge in [-0.15, -0.1) is 0 Å². The number of anilines is 1. The second-order valence-corrected chi connectivity index (χ2v) is 6.49. The summed E-state index contributed by atoms with van der Waals surface area (Å²) >= 11 is 0.